The van der Waals surface area contributed by atoms with E-state index in [-0.39, 0.29) is 0 Å². The number of ether oxygens (including phenoxy) is 6. The number of unbranched alkanes of at least 4 members (excludes halogenated alkanes) is 18. The fourth-order valence-corrected chi connectivity index (χ4v) is 8.08. The maximum absolute atomic E-state index is 6.67. The predicted molar refractivity (Wildman–Crippen MR) is 270 cm³/mol. The third-order valence-electron chi connectivity index (χ3n) is 11.8. The average Bonchev–Trinajstić information content (AvgIpc) is 3.30. The second-order valence-corrected chi connectivity index (χ2v) is 17.2. The normalized spacial score (nSPS) is 11.3. The molecule has 4 aromatic rings. The molecule has 0 fully saturated rings. The SMILES string of the molecule is C=CCCCCCCOc1cc2c(cc1OCCCCC)c1cc(OCCCCC)c(OCCCCCCC=C)cc1c1cc(OCCCCCCC=C)c(OCCCCC)cc21. The van der Waals surface area contributed by atoms with E-state index in [0.29, 0.717) is 39.6 Å². The molecule has 0 saturated heterocycles. The van der Waals surface area contributed by atoms with Gasteiger partial charge in [-0.1, -0.05) is 116 Å². The smallest absolute Gasteiger partial charge is 0.161 e. The fraction of sp³-hybridized carbons (Fsp3) is 0.579. The van der Waals surface area contributed by atoms with Crippen LogP contribution in [0.4, 0.5) is 0 Å². The van der Waals surface area contributed by atoms with E-state index >= 15 is 0 Å². The van der Waals surface area contributed by atoms with E-state index in [9.17, 15) is 0 Å². The Morgan fingerprint density at radius 1 is 0.286 bits per heavy atom. The van der Waals surface area contributed by atoms with E-state index in [1.54, 1.807) is 0 Å². The maximum atomic E-state index is 6.67. The molecule has 0 aliphatic carbocycles. The van der Waals surface area contributed by atoms with E-state index in [1.807, 2.05) is 18.2 Å². The Bertz CT molecular complexity index is 1910. The minimum atomic E-state index is 0.637. The molecule has 0 saturated carbocycles. The molecule has 0 N–H and O–H groups in total. The van der Waals surface area contributed by atoms with Gasteiger partial charge in [0, 0.05) is 0 Å². The van der Waals surface area contributed by atoms with Crippen LogP contribution in [0.1, 0.15) is 175 Å². The Morgan fingerprint density at radius 2 is 0.476 bits per heavy atom. The molecule has 4 aromatic carbocycles. The number of hydrogen-bond acceptors (Lipinski definition) is 6. The molecule has 6 nitrogen and oxygen atoms in total. The van der Waals surface area contributed by atoms with Crippen molar-refractivity contribution in [3.05, 3.63) is 74.4 Å². The van der Waals surface area contributed by atoms with Crippen molar-refractivity contribution in [1.82, 2.24) is 0 Å². The molecule has 0 aromatic heterocycles. The molecular formula is C57H84O6. The summed E-state index contributed by atoms with van der Waals surface area (Å²) in [6.45, 7) is 22.2. The third kappa shape index (κ3) is 17.6. The van der Waals surface area contributed by atoms with Crippen LogP contribution in [0.25, 0.3) is 32.3 Å². The van der Waals surface area contributed by atoms with Crippen LogP contribution in [0.15, 0.2) is 74.4 Å². The minimum absolute atomic E-state index is 0.637. The van der Waals surface area contributed by atoms with Crippen LogP contribution in [0.5, 0.6) is 34.5 Å². The van der Waals surface area contributed by atoms with Crippen LogP contribution < -0.4 is 28.4 Å². The first kappa shape index (κ1) is 51.3. The lowest BCUT2D eigenvalue weighted by molar-refractivity contribution is 0.259. The molecule has 0 amide bonds. The minimum Gasteiger partial charge on any atom is -0.490 e. The standard InChI is InChI=1S/C57H84O6/c1-7-13-19-22-25-31-37-61-55-43-49-46(40-52(55)58-34-28-16-10-4)47-41-53(59-35-29-17-11-5)56(62-38-32-26-23-20-14-8-2)44-50(47)51-45-57(63-39-33-27-24-21-15-9-3)54(42-48(49)51)60-36-30-18-12-6/h7-9,40-45H,1-3,10-39H2,4-6H3. The van der Waals surface area contributed by atoms with Gasteiger partial charge in [-0.2, -0.15) is 0 Å². The molecule has 4 rings (SSSR count). The van der Waals surface area contributed by atoms with E-state index in [2.05, 4.69) is 76.9 Å². The predicted octanol–water partition coefficient (Wildman–Crippen LogP) is 17.4. The number of fused-ring (bicyclic) bond motifs is 6. The average molecular weight is 865 g/mol. The highest BCUT2D eigenvalue weighted by molar-refractivity contribution is 6.26. The monoisotopic (exact) mass is 865 g/mol. The van der Waals surface area contributed by atoms with Crippen LogP contribution in [0.2, 0.25) is 0 Å². The van der Waals surface area contributed by atoms with Gasteiger partial charge in [-0.15, -0.1) is 19.7 Å². The van der Waals surface area contributed by atoms with Gasteiger partial charge in [0.1, 0.15) is 0 Å². The van der Waals surface area contributed by atoms with Crippen LogP contribution in [-0.4, -0.2) is 39.6 Å². The lowest BCUT2D eigenvalue weighted by Gasteiger charge is -2.21. The summed E-state index contributed by atoms with van der Waals surface area (Å²) in [5.41, 5.74) is 0. The summed E-state index contributed by atoms with van der Waals surface area (Å²) >= 11 is 0. The molecule has 0 bridgehead atoms. The molecule has 0 unspecified atom stereocenters. The van der Waals surface area contributed by atoms with E-state index in [1.165, 1.54) is 38.5 Å². The molecule has 0 radical (unpaired) electrons. The highest BCUT2D eigenvalue weighted by atomic mass is 16.5. The molecule has 348 valence electrons. The number of hydrogen-bond donors (Lipinski definition) is 0. The number of rotatable bonds is 39. The van der Waals surface area contributed by atoms with Gasteiger partial charge in [-0.3, -0.25) is 0 Å². The van der Waals surface area contributed by atoms with Gasteiger partial charge in [0.05, 0.1) is 39.6 Å². The first-order chi connectivity index (χ1) is 31.1. The van der Waals surface area contributed by atoms with Crippen molar-refractivity contribution in [2.24, 2.45) is 0 Å². The Labute approximate surface area is 382 Å². The molecule has 63 heavy (non-hydrogen) atoms. The summed E-state index contributed by atoms with van der Waals surface area (Å²) < 4.78 is 39.9. The summed E-state index contributed by atoms with van der Waals surface area (Å²) in [6, 6.07) is 13.3. The summed E-state index contributed by atoms with van der Waals surface area (Å²) in [4.78, 5) is 0. The van der Waals surface area contributed by atoms with Gasteiger partial charge in [-0.05, 0) is 146 Å². The van der Waals surface area contributed by atoms with Gasteiger partial charge < -0.3 is 28.4 Å². The molecule has 0 aliphatic heterocycles. The zero-order valence-electron chi connectivity index (χ0n) is 40.0. The van der Waals surface area contributed by atoms with E-state index < -0.39 is 0 Å². The largest absolute Gasteiger partial charge is 0.490 e. The summed E-state index contributed by atoms with van der Waals surface area (Å²) in [7, 11) is 0. The zero-order valence-corrected chi connectivity index (χ0v) is 40.0. The second-order valence-electron chi connectivity index (χ2n) is 17.2. The second kappa shape index (κ2) is 31.5. The lowest BCUT2D eigenvalue weighted by Crippen LogP contribution is -2.05. The summed E-state index contributed by atoms with van der Waals surface area (Å²) in [6.07, 6.45) is 32.3. The van der Waals surface area contributed by atoms with Crippen LogP contribution >= 0.6 is 0 Å². The van der Waals surface area contributed by atoms with Crippen LogP contribution in [-0.2, 0) is 0 Å². The first-order valence-electron chi connectivity index (χ1n) is 25.2. The quantitative estimate of drug-likeness (QED) is 0.0253. The van der Waals surface area contributed by atoms with E-state index in [4.69, 9.17) is 28.4 Å². The van der Waals surface area contributed by atoms with Crippen molar-refractivity contribution in [1.29, 1.82) is 0 Å². The summed E-state index contributed by atoms with van der Waals surface area (Å²) in [5, 5.41) is 6.56. The van der Waals surface area contributed by atoms with Crippen molar-refractivity contribution in [2.75, 3.05) is 39.6 Å². The number of benzene rings is 4. The molecule has 0 spiro atoms. The van der Waals surface area contributed by atoms with Crippen molar-refractivity contribution in [2.45, 2.75) is 175 Å². The third-order valence-corrected chi connectivity index (χ3v) is 11.8. The zero-order chi connectivity index (χ0) is 44.7. The molecule has 6 heteroatoms. The Hall–Kier alpha value is -4.32. The van der Waals surface area contributed by atoms with Gasteiger partial charge in [-0.25, -0.2) is 0 Å². The Kier molecular flexibility index (Phi) is 25.7. The van der Waals surface area contributed by atoms with Gasteiger partial charge in [0.25, 0.3) is 0 Å². The van der Waals surface area contributed by atoms with Gasteiger partial charge in [0.2, 0.25) is 0 Å². The van der Waals surface area contributed by atoms with Crippen LogP contribution in [0.3, 0.4) is 0 Å². The Balaban J connectivity index is 1.90. The van der Waals surface area contributed by atoms with Gasteiger partial charge >= 0.3 is 0 Å². The molecular weight excluding hydrogens is 781 g/mol. The van der Waals surface area contributed by atoms with Crippen molar-refractivity contribution < 1.29 is 28.4 Å². The summed E-state index contributed by atoms with van der Waals surface area (Å²) in [5.74, 6) is 4.73. The van der Waals surface area contributed by atoms with E-state index in [0.717, 1.165) is 182 Å². The molecule has 0 atom stereocenters. The van der Waals surface area contributed by atoms with Crippen LogP contribution in [0, 0.1) is 0 Å². The number of allylic oxidation sites excluding steroid dienone is 3. The van der Waals surface area contributed by atoms with Crippen molar-refractivity contribution >= 4 is 32.3 Å². The Morgan fingerprint density at radius 3 is 0.667 bits per heavy atom. The lowest BCUT2D eigenvalue weighted by atomic mass is 9.93. The van der Waals surface area contributed by atoms with Crippen molar-refractivity contribution in [3.8, 4) is 34.5 Å². The highest BCUT2D eigenvalue weighted by Crippen LogP contribution is 2.47. The fourth-order valence-electron chi connectivity index (χ4n) is 8.08. The van der Waals surface area contributed by atoms with Crippen molar-refractivity contribution in [3.63, 3.8) is 0 Å². The molecule has 0 heterocycles. The highest BCUT2D eigenvalue weighted by Gasteiger charge is 2.21. The molecule has 0 aliphatic rings. The van der Waals surface area contributed by atoms with Gasteiger partial charge in [0.15, 0.2) is 34.5 Å². The maximum Gasteiger partial charge on any atom is 0.161 e. The topological polar surface area (TPSA) is 55.4 Å². The first-order valence-corrected chi connectivity index (χ1v) is 25.2.